The second kappa shape index (κ2) is 11.0. The quantitative estimate of drug-likeness (QED) is 0.534. The normalized spacial score (nSPS) is 4.17. The van der Waals surface area contributed by atoms with Crippen LogP contribution in [0.1, 0.15) is 6.92 Å². The van der Waals surface area contributed by atoms with Crippen LogP contribution < -0.4 is 0 Å². The predicted octanol–water partition coefficient (Wildman–Crippen LogP) is -1.21. The van der Waals surface area contributed by atoms with Crippen LogP contribution in [0.3, 0.4) is 0 Å². The maximum absolute atomic E-state index is 9.00. The molecule has 2 nitrogen and oxygen atoms in total. The Kier molecular flexibility index (Phi) is 29.5. The van der Waals surface area contributed by atoms with Gasteiger partial charge < -0.3 is 5.11 Å². The van der Waals surface area contributed by atoms with Crippen LogP contribution in [0.25, 0.3) is 0 Å². The fraction of sp³-hybridized carbons (Fsp3) is 0.500. The Bertz CT molecular complexity index is 34.5. The molecule has 0 rings (SSSR count). The van der Waals surface area contributed by atoms with Crippen LogP contribution in [0.4, 0.5) is 0 Å². The van der Waals surface area contributed by atoms with E-state index < -0.39 is 5.97 Å². The molecule has 0 aliphatic rings. The van der Waals surface area contributed by atoms with Crippen LogP contribution in [0.2, 0.25) is 0 Å². The molecular formula is C2H6CsKO2. The van der Waals surface area contributed by atoms with E-state index in [1.165, 1.54) is 0 Å². The number of carboxylic acid groups (broad SMARTS) is 1. The molecule has 0 aromatic heterocycles. The molecule has 4 heteroatoms. The Morgan fingerprint density at radius 1 is 1.67 bits per heavy atom. The molecule has 0 fully saturated rings. The van der Waals surface area contributed by atoms with Gasteiger partial charge in [-0.3, -0.25) is 4.79 Å². The molecule has 0 aliphatic heterocycles. The van der Waals surface area contributed by atoms with Crippen LogP contribution in [-0.4, -0.2) is 131 Å². The van der Waals surface area contributed by atoms with Gasteiger partial charge in [0.1, 0.15) is 0 Å². The van der Waals surface area contributed by atoms with Crippen molar-refractivity contribution in [2.45, 2.75) is 6.92 Å². The Morgan fingerprint density at radius 2 is 1.67 bits per heavy atom. The van der Waals surface area contributed by atoms with Gasteiger partial charge in [0, 0.05) is 6.92 Å². The van der Waals surface area contributed by atoms with Gasteiger partial charge in [-0.1, -0.05) is 0 Å². The van der Waals surface area contributed by atoms with E-state index in [1.54, 1.807) is 0 Å². The van der Waals surface area contributed by atoms with Crippen LogP contribution >= 0.6 is 0 Å². The number of carboxylic acids is 1. The van der Waals surface area contributed by atoms with Crippen molar-refractivity contribution in [1.29, 1.82) is 0 Å². The molecule has 0 saturated carbocycles. The summed E-state index contributed by atoms with van der Waals surface area (Å²) in [6.07, 6.45) is 0. The summed E-state index contributed by atoms with van der Waals surface area (Å²) < 4.78 is 0. The van der Waals surface area contributed by atoms with Crippen LogP contribution in [0.15, 0.2) is 0 Å². The third kappa shape index (κ3) is 27.2. The minimum absolute atomic E-state index is 0. The first-order valence-corrected chi connectivity index (χ1v) is 0.928. The second-order valence-corrected chi connectivity index (χ2v) is 0.519. The molecule has 0 atom stereocenters. The molecule has 1 N–H and O–H groups in total. The summed E-state index contributed by atoms with van der Waals surface area (Å²) in [5.74, 6) is -0.833. The third-order valence-corrected chi connectivity index (χ3v) is 0. The minimum atomic E-state index is -0.833. The summed E-state index contributed by atoms with van der Waals surface area (Å²) >= 11 is 0. The molecule has 0 heterocycles. The standard InChI is InChI=1S/C2H4O2.Cs.K.2H/c1-2(3)4;;;;/h1H3,(H,3,4);;;;. The fourth-order valence-corrected chi connectivity index (χ4v) is 0. The van der Waals surface area contributed by atoms with E-state index in [9.17, 15) is 0 Å². The molecule has 0 amide bonds. The average Bonchev–Trinajstić information content (AvgIpc) is 0.811. The summed E-state index contributed by atoms with van der Waals surface area (Å²) in [7, 11) is 0. The van der Waals surface area contributed by atoms with E-state index in [-0.39, 0.29) is 120 Å². The third-order valence-electron chi connectivity index (χ3n) is 0. The zero-order chi connectivity index (χ0) is 3.58. The first-order chi connectivity index (χ1) is 1.73. The van der Waals surface area contributed by atoms with Crippen LogP contribution in [0, 0.1) is 0 Å². The molecule has 0 bridgehead atoms. The number of aliphatic carboxylic acids is 1. The molecular weight excluding hydrogens is 228 g/mol. The van der Waals surface area contributed by atoms with Crippen molar-refractivity contribution in [2.75, 3.05) is 0 Å². The first kappa shape index (κ1) is 16.1. The van der Waals surface area contributed by atoms with Crippen molar-refractivity contribution in [3.8, 4) is 0 Å². The second-order valence-electron chi connectivity index (χ2n) is 0.519. The van der Waals surface area contributed by atoms with E-state index in [2.05, 4.69) is 0 Å². The zero-order valence-corrected chi connectivity index (χ0v) is 2.36. The maximum atomic E-state index is 9.00. The van der Waals surface area contributed by atoms with Gasteiger partial charge in [0.15, 0.2) is 0 Å². The van der Waals surface area contributed by atoms with Gasteiger partial charge in [0.05, 0.1) is 0 Å². The van der Waals surface area contributed by atoms with Crippen molar-refractivity contribution in [3.05, 3.63) is 0 Å². The SMILES string of the molecule is CC(=O)O.[CsH].[KH]. The van der Waals surface area contributed by atoms with Gasteiger partial charge in [-0.05, 0) is 0 Å². The van der Waals surface area contributed by atoms with Gasteiger partial charge in [0.25, 0.3) is 5.97 Å². The number of hydrogen-bond acceptors (Lipinski definition) is 1. The number of rotatable bonds is 0. The zero-order valence-electron chi connectivity index (χ0n) is 2.36. The summed E-state index contributed by atoms with van der Waals surface area (Å²) in [4.78, 5) is 9.00. The average molecular weight is 234 g/mol. The topological polar surface area (TPSA) is 37.3 Å². The van der Waals surface area contributed by atoms with E-state index >= 15 is 0 Å². The van der Waals surface area contributed by atoms with Gasteiger partial charge in [0.2, 0.25) is 0 Å². The van der Waals surface area contributed by atoms with Gasteiger partial charge in [-0.2, -0.15) is 0 Å². The van der Waals surface area contributed by atoms with Gasteiger partial charge in [-0.25, -0.2) is 0 Å². The van der Waals surface area contributed by atoms with E-state index in [0.29, 0.717) is 0 Å². The number of hydrogen-bond donors (Lipinski definition) is 1. The van der Waals surface area contributed by atoms with Crippen molar-refractivity contribution >= 4 is 126 Å². The van der Waals surface area contributed by atoms with Crippen LogP contribution in [0.5, 0.6) is 0 Å². The summed E-state index contributed by atoms with van der Waals surface area (Å²) in [5.41, 5.74) is 0. The molecule has 0 unspecified atom stereocenters. The molecule has 0 spiro atoms. The van der Waals surface area contributed by atoms with Gasteiger partial charge in [-0.15, -0.1) is 0 Å². The molecule has 28 valence electrons. The molecule has 6 heavy (non-hydrogen) atoms. The Labute approximate surface area is 138 Å². The Balaban J connectivity index is -0.0000000450. The molecule has 0 aromatic carbocycles. The van der Waals surface area contributed by atoms with Gasteiger partial charge >= 0.3 is 120 Å². The Morgan fingerprint density at radius 3 is 1.67 bits per heavy atom. The fourth-order valence-electron chi connectivity index (χ4n) is 0. The molecule has 0 saturated heterocycles. The molecule has 0 aromatic rings. The van der Waals surface area contributed by atoms with E-state index in [1.807, 2.05) is 0 Å². The Hall–Kier alpha value is 3.16. The number of carbonyl (C=O) groups is 1. The predicted molar refractivity (Wildman–Crippen MR) is 27.6 cm³/mol. The van der Waals surface area contributed by atoms with Crippen molar-refractivity contribution < 1.29 is 9.90 Å². The monoisotopic (exact) mass is 234 g/mol. The van der Waals surface area contributed by atoms with E-state index in [4.69, 9.17) is 9.90 Å². The first-order valence-electron chi connectivity index (χ1n) is 0.928. The summed E-state index contributed by atoms with van der Waals surface area (Å²) in [5, 5.41) is 7.42. The molecule has 0 aliphatic carbocycles. The van der Waals surface area contributed by atoms with E-state index in [0.717, 1.165) is 6.92 Å². The summed E-state index contributed by atoms with van der Waals surface area (Å²) in [6.45, 7) is 1.08. The molecule has 0 radical (unpaired) electrons. The van der Waals surface area contributed by atoms with Crippen LogP contribution in [-0.2, 0) is 4.79 Å². The van der Waals surface area contributed by atoms with Crippen molar-refractivity contribution in [3.63, 3.8) is 0 Å². The van der Waals surface area contributed by atoms with Crippen molar-refractivity contribution in [2.24, 2.45) is 0 Å². The summed E-state index contributed by atoms with van der Waals surface area (Å²) in [6, 6.07) is 0. The van der Waals surface area contributed by atoms with Crippen molar-refractivity contribution in [1.82, 2.24) is 0 Å².